The number of nitro groups is 1. The van der Waals surface area contributed by atoms with Crippen molar-refractivity contribution in [1.82, 2.24) is 19.7 Å². The molecule has 0 spiro atoms. The van der Waals surface area contributed by atoms with E-state index in [0.717, 1.165) is 19.0 Å². The molecule has 0 radical (unpaired) electrons. The molecule has 1 saturated heterocycles. The van der Waals surface area contributed by atoms with Gasteiger partial charge in [0.2, 0.25) is 5.91 Å². The van der Waals surface area contributed by atoms with Crippen LogP contribution in [0.15, 0.2) is 36.9 Å². The van der Waals surface area contributed by atoms with Gasteiger partial charge >= 0.3 is 5.69 Å². The lowest BCUT2D eigenvalue weighted by Gasteiger charge is -2.33. The Balaban J connectivity index is 1.63. The first kappa shape index (κ1) is 15.1. The molecule has 0 aromatic carbocycles. The summed E-state index contributed by atoms with van der Waals surface area (Å²) in [6.07, 6.45) is 7.95. The molecule has 8 nitrogen and oxygen atoms in total. The molecule has 1 atom stereocenters. The highest BCUT2D eigenvalue weighted by atomic mass is 16.6. The van der Waals surface area contributed by atoms with Crippen LogP contribution in [-0.4, -0.2) is 43.6 Å². The molecule has 0 bridgehead atoms. The fourth-order valence-corrected chi connectivity index (χ4v) is 2.88. The normalized spacial score (nSPS) is 17.9. The summed E-state index contributed by atoms with van der Waals surface area (Å²) in [4.78, 5) is 28.4. The molecular weight excluding hydrogens is 298 g/mol. The molecule has 0 aliphatic carbocycles. The summed E-state index contributed by atoms with van der Waals surface area (Å²) in [6, 6.07) is 3.96. The lowest BCUT2D eigenvalue weighted by molar-refractivity contribution is -0.385. The monoisotopic (exact) mass is 315 g/mol. The summed E-state index contributed by atoms with van der Waals surface area (Å²) in [5, 5.41) is 14.5. The van der Waals surface area contributed by atoms with Gasteiger partial charge in [-0.2, -0.15) is 5.10 Å². The van der Waals surface area contributed by atoms with Gasteiger partial charge in [0, 0.05) is 31.4 Å². The van der Waals surface area contributed by atoms with Crippen LogP contribution in [0.5, 0.6) is 0 Å². The second kappa shape index (κ2) is 6.55. The predicted octanol–water partition coefficient (Wildman–Crippen LogP) is 1.59. The van der Waals surface area contributed by atoms with E-state index >= 15 is 0 Å². The Morgan fingerprint density at radius 1 is 1.39 bits per heavy atom. The van der Waals surface area contributed by atoms with Gasteiger partial charge in [0.25, 0.3) is 0 Å². The van der Waals surface area contributed by atoms with Crippen LogP contribution in [-0.2, 0) is 11.3 Å². The number of nitrogens with zero attached hydrogens (tertiary/aromatic N) is 5. The van der Waals surface area contributed by atoms with Gasteiger partial charge in [-0.1, -0.05) is 0 Å². The van der Waals surface area contributed by atoms with Gasteiger partial charge in [0.1, 0.15) is 18.9 Å². The van der Waals surface area contributed by atoms with E-state index < -0.39 is 4.92 Å². The maximum atomic E-state index is 12.4. The summed E-state index contributed by atoms with van der Waals surface area (Å²) in [5.74, 6) is 0.240. The maximum absolute atomic E-state index is 12.4. The zero-order valence-electron chi connectivity index (χ0n) is 12.5. The van der Waals surface area contributed by atoms with E-state index in [2.05, 4.69) is 10.1 Å². The van der Waals surface area contributed by atoms with E-state index in [0.29, 0.717) is 19.0 Å². The van der Waals surface area contributed by atoms with Crippen molar-refractivity contribution in [3.8, 4) is 0 Å². The van der Waals surface area contributed by atoms with Gasteiger partial charge in [-0.15, -0.1) is 0 Å². The lowest BCUT2D eigenvalue weighted by atomic mass is 9.91. The Hall–Kier alpha value is -2.77. The predicted molar refractivity (Wildman–Crippen MR) is 81.7 cm³/mol. The molecule has 1 aliphatic rings. The van der Waals surface area contributed by atoms with Crippen molar-refractivity contribution in [2.24, 2.45) is 0 Å². The zero-order valence-corrected chi connectivity index (χ0v) is 12.5. The minimum atomic E-state index is -0.520. The van der Waals surface area contributed by atoms with Crippen molar-refractivity contribution in [3.63, 3.8) is 0 Å². The van der Waals surface area contributed by atoms with Crippen molar-refractivity contribution in [2.45, 2.75) is 25.3 Å². The topological polar surface area (TPSA) is 94.2 Å². The van der Waals surface area contributed by atoms with Crippen LogP contribution >= 0.6 is 0 Å². The summed E-state index contributed by atoms with van der Waals surface area (Å²) in [7, 11) is 0. The molecule has 0 unspecified atom stereocenters. The molecule has 3 heterocycles. The third-order valence-corrected chi connectivity index (χ3v) is 4.08. The van der Waals surface area contributed by atoms with Crippen molar-refractivity contribution in [3.05, 3.63) is 52.6 Å². The number of hydrogen-bond acceptors (Lipinski definition) is 5. The van der Waals surface area contributed by atoms with Gasteiger partial charge in [0.15, 0.2) is 0 Å². The molecule has 0 N–H and O–H groups in total. The van der Waals surface area contributed by atoms with Crippen molar-refractivity contribution in [2.75, 3.05) is 13.1 Å². The Morgan fingerprint density at radius 2 is 2.17 bits per heavy atom. The van der Waals surface area contributed by atoms with Crippen LogP contribution in [0.3, 0.4) is 0 Å². The van der Waals surface area contributed by atoms with E-state index in [1.807, 2.05) is 17.0 Å². The number of carbonyl (C=O) groups excluding carboxylic acids is 1. The molecule has 120 valence electrons. The average molecular weight is 315 g/mol. The molecule has 1 fully saturated rings. The highest BCUT2D eigenvalue weighted by molar-refractivity contribution is 5.76. The number of likely N-dealkylation sites (tertiary alicyclic amines) is 1. The summed E-state index contributed by atoms with van der Waals surface area (Å²) < 4.78 is 1.32. The van der Waals surface area contributed by atoms with Crippen LogP contribution in [0.4, 0.5) is 5.69 Å². The Bertz CT molecular complexity index is 700. The number of pyridine rings is 1. The second-order valence-electron chi connectivity index (χ2n) is 5.61. The minimum absolute atomic E-state index is 0.0247. The Morgan fingerprint density at radius 3 is 2.87 bits per heavy atom. The number of aromatic nitrogens is 3. The Labute approximate surface area is 132 Å². The Kier molecular flexibility index (Phi) is 4.31. The molecule has 1 aliphatic heterocycles. The van der Waals surface area contributed by atoms with Gasteiger partial charge in [-0.3, -0.25) is 24.6 Å². The van der Waals surface area contributed by atoms with E-state index in [9.17, 15) is 14.9 Å². The molecule has 23 heavy (non-hydrogen) atoms. The third kappa shape index (κ3) is 3.53. The zero-order chi connectivity index (χ0) is 16.2. The fourth-order valence-electron chi connectivity index (χ4n) is 2.88. The van der Waals surface area contributed by atoms with Gasteiger partial charge < -0.3 is 4.90 Å². The van der Waals surface area contributed by atoms with Crippen molar-refractivity contribution < 1.29 is 9.72 Å². The smallest absolute Gasteiger partial charge is 0.307 e. The van der Waals surface area contributed by atoms with E-state index in [-0.39, 0.29) is 18.1 Å². The van der Waals surface area contributed by atoms with Crippen LogP contribution in [0, 0.1) is 10.1 Å². The van der Waals surface area contributed by atoms with Gasteiger partial charge in [0.05, 0.1) is 4.92 Å². The molecule has 8 heteroatoms. The number of carbonyl (C=O) groups is 1. The van der Waals surface area contributed by atoms with Crippen LogP contribution in [0.25, 0.3) is 0 Å². The van der Waals surface area contributed by atoms with Crippen molar-refractivity contribution in [1.29, 1.82) is 0 Å². The molecular formula is C15H17N5O3. The second-order valence-corrected chi connectivity index (χ2v) is 5.61. The van der Waals surface area contributed by atoms with Crippen LogP contribution < -0.4 is 0 Å². The van der Waals surface area contributed by atoms with Gasteiger partial charge in [-0.05, 0) is 30.5 Å². The number of amides is 1. The quantitative estimate of drug-likeness (QED) is 0.631. The van der Waals surface area contributed by atoms with E-state index in [1.165, 1.54) is 16.4 Å². The SMILES string of the molecule is O=C(Cn1cc([N+](=O)[O-])cn1)N1CCC[C@H](c2ccncc2)C1. The molecule has 0 saturated carbocycles. The number of rotatable bonds is 4. The average Bonchev–Trinajstić information content (AvgIpc) is 3.04. The lowest BCUT2D eigenvalue weighted by Crippen LogP contribution is -2.40. The number of hydrogen-bond donors (Lipinski definition) is 0. The third-order valence-electron chi connectivity index (χ3n) is 4.08. The minimum Gasteiger partial charge on any atom is -0.340 e. The standard InChI is InChI=1S/C15H17N5O3/c21-15(11-19-10-14(8-17-19)20(22)23)18-7-1-2-13(9-18)12-3-5-16-6-4-12/h3-6,8,10,13H,1-2,7,9,11H2/t13-/m0/s1. The summed E-state index contributed by atoms with van der Waals surface area (Å²) in [5.41, 5.74) is 1.08. The molecule has 2 aromatic heterocycles. The largest absolute Gasteiger partial charge is 0.340 e. The first-order chi connectivity index (χ1) is 11.1. The van der Waals surface area contributed by atoms with Crippen LogP contribution in [0.2, 0.25) is 0 Å². The highest BCUT2D eigenvalue weighted by Gasteiger charge is 2.25. The number of piperidine rings is 1. The van der Waals surface area contributed by atoms with Crippen LogP contribution in [0.1, 0.15) is 24.3 Å². The van der Waals surface area contributed by atoms with E-state index in [1.54, 1.807) is 12.4 Å². The summed E-state index contributed by atoms with van der Waals surface area (Å²) in [6.45, 7) is 1.40. The molecule has 3 rings (SSSR count). The molecule has 1 amide bonds. The molecule has 2 aromatic rings. The van der Waals surface area contributed by atoms with E-state index in [4.69, 9.17) is 0 Å². The summed E-state index contributed by atoms with van der Waals surface area (Å²) >= 11 is 0. The van der Waals surface area contributed by atoms with Crippen molar-refractivity contribution >= 4 is 11.6 Å². The highest BCUT2D eigenvalue weighted by Crippen LogP contribution is 2.26. The first-order valence-corrected chi connectivity index (χ1v) is 7.48. The maximum Gasteiger partial charge on any atom is 0.307 e. The fraction of sp³-hybridized carbons (Fsp3) is 0.400. The van der Waals surface area contributed by atoms with Gasteiger partial charge in [-0.25, -0.2) is 0 Å². The first-order valence-electron chi connectivity index (χ1n) is 7.48.